The van der Waals surface area contributed by atoms with Crippen LogP contribution in [0.3, 0.4) is 0 Å². The van der Waals surface area contributed by atoms with Crippen LogP contribution in [0.4, 0.5) is 0 Å². The molecule has 0 aliphatic rings. The number of nitrogens with one attached hydrogen (secondary N) is 1. The van der Waals surface area contributed by atoms with Gasteiger partial charge < -0.3 is 9.73 Å². The first-order valence-corrected chi connectivity index (χ1v) is 5.52. The third-order valence-corrected chi connectivity index (χ3v) is 2.41. The number of aryl methyl sites for hydroxylation is 1. The number of nitrogens with zero attached hydrogens (tertiary/aromatic N) is 2. The molecule has 2 aromatic rings. The number of aromatic nitrogens is 2. The van der Waals surface area contributed by atoms with Gasteiger partial charge in [-0.15, -0.1) is 0 Å². The zero-order valence-electron chi connectivity index (χ0n) is 9.72. The highest BCUT2D eigenvalue weighted by molar-refractivity contribution is 5.04. The van der Waals surface area contributed by atoms with Crippen LogP contribution in [-0.2, 0) is 13.1 Å². The summed E-state index contributed by atoms with van der Waals surface area (Å²) in [5.41, 5.74) is 1.87. The molecule has 0 aliphatic heterocycles. The first kappa shape index (κ1) is 11.6. The van der Waals surface area contributed by atoms with Crippen molar-refractivity contribution in [3.05, 3.63) is 52.3 Å². The van der Waals surface area contributed by atoms with Gasteiger partial charge in [-0.3, -0.25) is 4.79 Å². The van der Waals surface area contributed by atoms with Crippen LogP contribution in [-0.4, -0.2) is 16.3 Å². The molecule has 90 valence electrons. The van der Waals surface area contributed by atoms with Gasteiger partial charge in [0.25, 0.3) is 5.56 Å². The Morgan fingerprint density at radius 3 is 3.06 bits per heavy atom. The van der Waals surface area contributed by atoms with E-state index < -0.39 is 0 Å². The van der Waals surface area contributed by atoms with Crippen LogP contribution in [0, 0.1) is 6.92 Å². The Hall–Kier alpha value is -1.88. The minimum atomic E-state index is -0.0688. The molecule has 1 N–H and O–H groups in total. The largest absolute Gasteiger partial charge is 0.472 e. The third kappa shape index (κ3) is 3.29. The topological polar surface area (TPSA) is 60.1 Å². The molecule has 0 spiro atoms. The fourth-order valence-electron chi connectivity index (χ4n) is 1.52. The second-order valence-corrected chi connectivity index (χ2v) is 3.84. The van der Waals surface area contributed by atoms with E-state index in [4.69, 9.17) is 4.42 Å². The van der Waals surface area contributed by atoms with E-state index in [1.165, 1.54) is 4.68 Å². The van der Waals surface area contributed by atoms with Crippen molar-refractivity contribution in [1.29, 1.82) is 0 Å². The van der Waals surface area contributed by atoms with Crippen LogP contribution < -0.4 is 10.9 Å². The van der Waals surface area contributed by atoms with Crippen molar-refractivity contribution < 1.29 is 4.42 Å². The Morgan fingerprint density at radius 2 is 2.29 bits per heavy atom. The molecule has 5 heteroatoms. The Kier molecular flexibility index (Phi) is 3.72. The summed E-state index contributed by atoms with van der Waals surface area (Å²) in [5, 5.41) is 7.38. The van der Waals surface area contributed by atoms with Crippen molar-refractivity contribution in [2.45, 2.75) is 20.0 Å². The lowest BCUT2D eigenvalue weighted by Crippen LogP contribution is -2.28. The zero-order valence-corrected chi connectivity index (χ0v) is 9.72. The molecule has 0 amide bonds. The van der Waals surface area contributed by atoms with E-state index >= 15 is 0 Å². The summed E-state index contributed by atoms with van der Waals surface area (Å²) in [6, 6.07) is 5.17. The maximum absolute atomic E-state index is 11.5. The fourth-order valence-corrected chi connectivity index (χ4v) is 1.52. The third-order valence-electron chi connectivity index (χ3n) is 2.41. The summed E-state index contributed by atoms with van der Waals surface area (Å²) in [6.45, 7) is 3.87. The van der Waals surface area contributed by atoms with Crippen LogP contribution >= 0.6 is 0 Å². The smallest absolute Gasteiger partial charge is 0.266 e. The second-order valence-electron chi connectivity index (χ2n) is 3.84. The van der Waals surface area contributed by atoms with E-state index in [-0.39, 0.29) is 5.56 Å². The Labute approximate surface area is 99.1 Å². The zero-order chi connectivity index (χ0) is 12.1. The minimum Gasteiger partial charge on any atom is -0.472 e. The van der Waals surface area contributed by atoms with E-state index in [0.29, 0.717) is 13.1 Å². The van der Waals surface area contributed by atoms with E-state index in [0.717, 1.165) is 17.8 Å². The van der Waals surface area contributed by atoms with Gasteiger partial charge in [-0.05, 0) is 19.1 Å². The van der Waals surface area contributed by atoms with E-state index in [9.17, 15) is 4.79 Å². The Bertz CT molecular complexity index is 517. The molecule has 0 bridgehead atoms. The van der Waals surface area contributed by atoms with Gasteiger partial charge in [-0.1, -0.05) is 0 Å². The van der Waals surface area contributed by atoms with Gasteiger partial charge >= 0.3 is 0 Å². The highest BCUT2D eigenvalue weighted by Crippen LogP contribution is 1.97. The van der Waals surface area contributed by atoms with Gasteiger partial charge in [0.15, 0.2) is 0 Å². The second kappa shape index (κ2) is 5.45. The standard InChI is InChI=1S/C12H15N3O2/c1-10-2-3-12(16)15(14-10)6-5-13-8-11-4-7-17-9-11/h2-4,7,9,13H,5-6,8H2,1H3. The number of rotatable bonds is 5. The average molecular weight is 233 g/mol. The molecule has 0 aliphatic carbocycles. The van der Waals surface area contributed by atoms with Crippen LogP contribution in [0.15, 0.2) is 39.9 Å². The molecule has 0 atom stereocenters. The quantitative estimate of drug-likeness (QED) is 0.781. The maximum Gasteiger partial charge on any atom is 0.266 e. The van der Waals surface area contributed by atoms with Crippen molar-refractivity contribution in [3.63, 3.8) is 0 Å². The van der Waals surface area contributed by atoms with Crippen molar-refractivity contribution in [2.24, 2.45) is 0 Å². The summed E-state index contributed by atoms with van der Waals surface area (Å²) in [5.74, 6) is 0. The van der Waals surface area contributed by atoms with Gasteiger partial charge in [0.05, 0.1) is 24.8 Å². The highest BCUT2D eigenvalue weighted by atomic mass is 16.3. The first-order valence-electron chi connectivity index (χ1n) is 5.52. The summed E-state index contributed by atoms with van der Waals surface area (Å²) >= 11 is 0. The lowest BCUT2D eigenvalue weighted by molar-refractivity contribution is 0.523. The normalized spacial score (nSPS) is 10.6. The Morgan fingerprint density at radius 1 is 1.41 bits per heavy atom. The molecule has 5 nitrogen and oxygen atoms in total. The molecule has 2 aromatic heterocycles. The predicted molar refractivity (Wildman–Crippen MR) is 63.6 cm³/mol. The lowest BCUT2D eigenvalue weighted by Gasteiger charge is -2.05. The molecule has 0 fully saturated rings. The average Bonchev–Trinajstić information content (AvgIpc) is 2.82. The minimum absolute atomic E-state index is 0.0688. The van der Waals surface area contributed by atoms with Crippen LogP contribution in [0.1, 0.15) is 11.3 Å². The summed E-state index contributed by atoms with van der Waals surface area (Å²) in [6.07, 6.45) is 3.34. The van der Waals surface area contributed by atoms with E-state index in [1.807, 2.05) is 13.0 Å². The number of hydrogen-bond acceptors (Lipinski definition) is 4. The lowest BCUT2D eigenvalue weighted by atomic mass is 10.3. The SMILES string of the molecule is Cc1ccc(=O)n(CCNCc2ccoc2)n1. The summed E-state index contributed by atoms with van der Waals surface area (Å²) in [4.78, 5) is 11.5. The van der Waals surface area contributed by atoms with E-state index in [2.05, 4.69) is 10.4 Å². The number of furan rings is 1. The van der Waals surface area contributed by atoms with Gasteiger partial charge in [-0.2, -0.15) is 5.10 Å². The summed E-state index contributed by atoms with van der Waals surface area (Å²) < 4.78 is 6.43. The number of hydrogen-bond donors (Lipinski definition) is 1. The monoisotopic (exact) mass is 233 g/mol. The molecule has 0 aromatic carbocycles. The van der Waals surface area contributed by atoms with Crippen LogP contribution in [0.5, 0.6) is 0 Å². The van der Waals surface area contributed by atoms with Gasteiger partial charge in [-0.25, -0.2) is 4.68 Å². The van der Waals surface area contributed by atoms with Gasteiger partial charge in [0, 0.05) is 24.7 Å². The molecule has 2 rings (SSSR count). The van der Waals surface area contributed by atoms with Crippen LogP contribution in [0.2, 0.25) is 0 Å². The van der Waals surface area contributed by atoms with Crippen LogP contribution in [0.25, 0.3) is 0 Å². The molecular formula is C12H15N3O2. The molecule has 17 heavy (non-hydrogen) atoms. The fraction of sp³-hybridized carbons (Fsp3) is 0.333. The predicted octanol–water partition coefficient (Wildman–Crippen LogP) is 0.935. The molecule has 0 radical (unpaired) electrons. The summed E-state index contributed by atoms with van der Waals surface area (Å²) in [7, 11) is 0. The Balaban J connectivity index is 1.82. The van der Waals surface area contributed by atoms with Gasteiger partial charge in [0.1, 0.15) is 0 Å². The first-order chi connectivity index (χ1) is 8.25. The maximum atomic E-state index is 11.5. The van der Waals surface area contributed by atoms with Crippen molar-refractivity contribution in [2.75, 3.05) is 6.54 Å². The molecule has 0 unspecified atom stereocenters. The van der Waals surface area contributed by atoms with Crippen molar-refractivity contribution in [3.8, 4) is 0 Å². The molecule has 2 heterocycles. The van der Waals surface area contributed by atoms with E-state index in [1.54, 1.807) is 24.7 Å². The van der Waals surface area contributed by atoms with Crippen molar-refractivity contribution >= 4 is 0 Å². The van der Waals surface area contributed by atoms with Crippen molar-refractivity contribution in [1.82, 2.24) is 15.1 Å². The molecular weight excluding hydrogens is 218 g/mol. The molecule has 0 saturated carbocycles. The highest BCUT2D eigenvalue weighted by Gasteiger charge is 1.98. The van der Waals surface area contributed by atoms with Gasteiger partial charge in [0.2, 0.25) is 0 Å². The molecule has 0 saturated heterocycles.